The Hall–Kier alpha value is -2.98. The van der Waals surface area contributed by atoms with Gasteiger partial charge in [-0.1, -0.05) is 0 Å². The van der Waals surface area contributed by atoms with Gasteiger partial charge in [0, 0.05) is 24.7 Å². The molecule has 3 aromatic rings. The monoisotopic (exact) mass is 447 g/mol. The molecule has 0 spiro atoms. The molecule has 164 valence electrons. The van der Waals surface area contributed by atoms with E-state index in [-0.39, 0.29) is 29.1 Å². The van der Waals surface area contributed by atoms with Crippen molar-refractivity contribution in [3.05, 3.63) is 54.2 Å². The number of hydrogen-bond donors (Lipinski definition) is 0. The first-order chi connectivity index (χ1) is 14.9. The minimum atomic E-state index is -3.74. The molecule has 0 bridgehead atoms. The average Bonchev–Trinajstić information content (AvgIpc) is 3.29. The molecule has 1 unspecified atom stereocenters. The Morgan fingerprint density at radius 1 is 1.06 bits per heavy atom. The number of nitrogens with zero attached hydrogens (tertiary/aromatic N) is 3. The standard InChI is InChI=1S/C21H22FN3O5S/c1-28-18-10-9-17(12-19(18)29-2)31(26,27)25-11-3-4-15(13-25)21-24-23-20(30-21)14-5-7-16(22)8-6-14/h5-10,12,15H,3-4,11,13H2,1-2H3. The van der Waals surface area contributed by atoms with Gasteiger partial charge in [0.05, 0.1) is 25.0 Å². The third-order valence-corrected chi connectivity index (χ3v) is 7.12. The number of methoxy groups -OCH3 is 2. The van der Waals surface area contributed by atoms with Gasteiger partial charge in [0.2, 0.25) is 21.8 Å². The van der Waals surface area contributed by atoms with Crippen LogP contribution in [0.5, 0.6) is 11.5 Å². The highest BCUT2D eigenvalue weighted by Gasteiger charge is 2.33. The lowest BCUT2D eigenvalue weighted by Gasteiger charge is -2.30. The number of ether oxygens (including phenoxy) is 2. The number of sulfonamides is 1. The Bertz CT molecular complexity index is 1160. The van der Waals surface area contributed by atoms with Crippen LogP contribution in [-0.4, -0.2) is 50.2 Å². The van der Waals surface area contributed by atoms with Gasteiger partial charge < -0.3 is 13.9 Å². The van der Waals surface area contributed by atoms with E-state index in [4.69, 9.17) is 13.9 Å². The fourth-order valence-corrected chi connectivity index (χ4v) is 5.14. The Morgan fingerprint density at radius 2 is 1.81 bits per heavy atom. The quantitative estimate of drug-likeness (QED) is 0.571. The molecule has 1 saturated heterocycles. The van der Waals surface area contributed by atoms with E-state index in [9.17, 15) is 12.8 Å². The first-order valence-electron chi connectivity index (χ1n) is 9.74. The van der Waals surface area contributed by atoms with Gasteiger partial charge in [0.25, 0.3) is 0 Å². The molecular weight excluding hydrogens is 425 g/mol. The normalized spacial score (nSPS) is 17.5. The van der Waals surface area contributed by atoms with Crippen LogP contribution in [0.25, 0.3) is 11.5 Å². The van der Waals surface area contributed by atoms with Crippen LogP contribution >= 0.6 is 0 Å². The lowest BCUT2D eigenvalue weighted by Crippen LogP contribution is -2.39. The van der Waals surface area contributed by atoms with Gasteiger partial charge in [-0.2, -0.15) is 4.31 Å². The van der Waals surface area contributed by atoms with E-state index in [1.807, 2.05) is 0 Å². The maximum absolute atomic E-state index is 13.2. The van der Waals surface area contributed by atoms with Crippen molar-refractivity contribution in [1.29, 1.82) is 0 Å². The summed E-state index contributed by atoms with van der Waals surface area (Å²) in [7, 11) is -0.795. The number of rotatable bonds is 6. The van der Waals surface area contributed by atoms with Crippen LogP contribution < -0.4 is 9.47 Å². The second kappa shape index (κ2) is 8.64. The summed E-state index contributed by atoms with van der Waals surface area (Å²) in [5.74, 6) is 0.855. The molecule has 0 radical (unpaired) electrons. The van der Waals surface area contributed by atoms with Crippen LogP contribution in [0.15, 0.2) is 51.8 Å². The molecule has 1 aliphatic rings. The summed E-state index contributed by atoms with van der Waals surface area (Å²) in [5, 5.41) is 8.15. The average molecular weight is 447 g/mol. The van der Waals surface area contributed by atoms with Crippen molar-refractivity contribution in [3.63, 3.8) is 0 Å². The van der Waals surface area contributed by atoms with Gasteiger partial charge in [-0.25, -0.2) is 12.8 Å². The van der Waals surface area contributed by atoms with Crippen molar-refractivity contribution >= 4 is 10.0 Å². The first kappa shape index (κ1) is 21.3. The van der Waals surface area contributed by atoms with Crippen LogP contribution in [-0.2, 0) is 10.0 Å². The fraction of sp³-hybridized carbons (Fsp3) is 0.333. The summed E-state index contributed by atoms with van der Waals surface area (Å²) in [6.07, 6.45) is 1.38. The molecule has 0 saturated carbocycles. The van der Waals surface area contributed by atoms with Crippen LogP contribution in [0.3, 0.4) is 0 Å². The Balaban J connectivity index is 1.55. The van der Waals surface area contributed by atoms with E-state index >= 15 is 0 Å². The van der Waals surface area contributed by atoms with Crippen molar-refractivity contribution in [2.24, 2.45) is 0 Å². The van der Waals surface area contributed by atoms with Crippen molar-refractivity contribution in [2.45, 2.75) is 23.7 Å². The van der Waals surface area contributed by atoms with Gasteiger partial charge in [0.15, 0.2) is 11.5 Å². The van der Waals surface area contributed by atoms with Crippen molar-refractivity contribution in [1.82, 2.24) is 14.5 Å². The molecule has 1 atom stereocenters. The van der Waals surface area contributed by atoms with Crippen molar-refractivity contribution < 1.29 is 26.7 Å². The largest absolute Gasteiger partial charge is 0.493 e. The van der Waals surface area contributed by atoms with E-state index in [1.165, 1.54) is 42.8 Å². The zero-order chi connectivity index (χ0) is 22.0. The molecule has 8 nitrogen and oxygen atoms in total. The second-order valence-electron chi connectivity index (χ2n) is 7.17. The molecular formula is C21H22FN3O5S. The summed E-state index contributed by atoms with van der Waals surface area (Å²) in [5.41, 5.74) is 0.603. The van der Waals surface area contributed by atoms with Gasteiger partial charge in [-0.05, 0) is 49.2 Å². The maximum atomic E-state index is 13.2. The van der Waals surface area contributed by atoms with E-state index < -0.39 is 10.0 Å². The highest BCUT2D eigenvalue weighted by Crippen LogP contribution is 2.34. The van der Waals surface area contributed by atoms with Gasteiger partial charge in [0.1, 0.15) is 5.82 Å². The van der Waals surface area contributed by atoms with E-state index in [2.05, 4.69) is 10.2 Å². The first-order valence-corrected chi connectivity index (χ1v) is 11.2. The van der Waals surface area contributed by atoms with Crippen LogP contribution in [0.1, 0.15) is 24.7 Å². The zero-order valence-electron chi connectivity index (χ0n) is 17.1. The SMILES string of the molecule is COc1ccc(S(=O)(=O)N2CCCC(c3nnc(-c4ccc(F)cc4)o3)C2)cc1OC. The van der Waals surface area contributed by atoms with E-state index in [1.54, 1.807) is 18.2 Å². The minimum Gasteiger partial charge on any atom is -0.493 e. The topological polar surface area (TPSA) is 94.8 Å². The predicted octanol–water partition coefficient (Wildman–Crippen LogP) is 3.46. The van der Waals surface area contributed by atoms with E-state index in [0.717, 1.165) is 6.42 Å². The summed E-state index contributed by atoms with van der Waals surface area (Å²) in [4.78, 5) is 0.128. The third-order valence-electron chi connectivity index (χ3n) is 5.26. The molecule has 1 fully saturated rings. The van der Waals surface area contributed by atoms with Gasteiger partial charge in [-0.3, -0.25) is 0 Å². The predicted molar refractivity (Wildman–Crippen MR) is 110 cm³/mol. The number of halogens is 1. The molecule has 1 aromatic heterocycles. The van der Waals surface area contributed by atoms with E-state index in [0.29, 0.717) is 35.9 Å². The summed E-state index contributed by atoms with van der Waals surface area (Å²) < 4.78 is 57.2. The third kappa shape index (κ3) is 4.26. The smallest absolute Gasteiger partial charge is 0.247 e. The number of hydrogen-bond acceptors (Lipinski definition) is 7. The summed E-state index contributed by atoms with van der Waals surface area (Å²) >= 11 is 0. The minimum absolute atomic E-state index is 0.128. The zero-order valence-corrected chi connectivity index (χ0v) is 17.9. The number of benzene rings is 2. The van der Waals surface area contributed by atoms with Crippen LogP contribution in [0.2, 0.25) is 0 Å². The molecule has 31 heavy (non-hydrogen) atoms. The summed E-state index contributed by atoms with van der Waals surface area (Å²) in [6.45, 7) is 0.619. The van der Waals surface area contributed by atoms with Gasteiger partial charge >= 0.3 is 0 Å². The molecule has 0 N–H and O–H groups in total. The Labute approximate surface area is 179 Å². The molecule has 10 heteroatoms. The highest BCUT2D eigenvalue weighted by molar-refractivity contribution is 7.89. The molecule has 1 aliphatic heterocycles. The molecule has 0 amide bonds. The Kier molecular flexibility index (Phi) is 5.92. The summed E-state index contributed by atoms with van der Waals surface area (Å²) in [6, 6.07) is 10.3. The number of piperidine rings is 1. The second-order valence-corrected chi connectivity index (χ2v) is 9.11. The van der Waals surface area contributed by atoms with Crippen LogP contribution in [0, 0.1) is 5.82 Å². The molecule has 2 heterocycles. The fourth-order valence-electron chi connectivity index (χ4n) is 3.60. The highest BCUT2D eigenvalue weighted by atomic mass is 32.2. The number of aromatic nitrogens is 2. The molecule has 0 aliphatic carbocycles. The molecule has 2 aromatic carbocycles. The lowest BCUT2D eigenvalue weighted by atomic mass is 10.00. The lowest BCUT2D eigenvalue weighted by molar-refractivity contribution is 0.286. The maximum Gasteiger partial charge on any atom is 0.247 e. The Morgan fingerprint density at radius 3 is 2.52 bits per heavy atom. The van der Waals surface area contributed by atoms with Crippen LogP contribution in [0.4, 0.5) is 4.39 Å². The van der Waals surface area contributed by atoms with Gasteiger partial charge in [-0.15, -0.1) is 10.2 Å². The van der Waals surface area contributed by atoms with Crippen molar-refractivity contribution in [2.75, 3.05) is 27.3 Å². The van der Waals surface area contributed by atoms with Crippen molar-refractivity contribution in [3.8, 4) is 23.0 Å². The molecule has 4 rings (SSSR count).